The third kappa shape index (κ3) is 4.41. The average Bonchev–Trinajstić information content (AvgIpc) is 2.90. The largest absolute Gasteiger partial charge is 0.383 e. The average molecular weight is 259 g/mol. The van der Waals surface area contributed by atoms with Gasteiger partial charge in [0.15, 0.2) is 0 Å². The monoisotopic (exact) mass is 259 g/mol. The summed E-state index contributed by atoms with van der Waals surface area (Å²) in [5.74, 6) is 0.921. The number of nitrogens with zero attached hydrogens (tertiary/aromatic N) is 2. The van der Waals surface area contributed by atoms with Gasteiger partial charge in [-0.2, -0.15) is 0 Å². The highest BCUT2D eigenvalue weighted by molar-refractivity contribution is 5.25. The van der Waals surface area contributed by atoms with Crippen LogP contribution in [-0.4, -0.2) is 29.8 Å². The van der Waals surface area contributed by atoms with Crippen LogP contribution in [0.4, 0.5) is 5.95 Å². The van der Waals surface area contributed by atoms with E-state index >= 15 is 0 Å². The van der Waals surface area contributed by atoms with E-state index in [2.05, 4.69) is 39.1 Å². The Morgan fingerprint density at radius 3 is 2.89 bits per heavy atom. The van der Waals surface area contributed by atoms with Crippen LogP contribution in [0, 0.1) is 0 Å². The summed E-state index contributed by atoms with van der Waals surface area (Å²) in [6.45, 7) is 2.46. The predicted octanol–water partition coefficient (Wildman–Crippen LogP) is 2.57. The smallest absolute Gasteiger partial charge is 0.202 e. The first kappa shape index (κ1) is 13.6. The molecule has 0 amide bonds. The number of benzene rings is 1. The molecule has 0 fully saturated rings. The van der Waals surface area contributed by atoms with Crippen molar-refractivity contribution in [3.63, 3.8) is 0 Å². The normalized spacial score (nSPS) is 10.6. The van der Waals surface area contributed by atoms with Gasteiger partial charge in [-0.05, 0) is 18.4 Å². The molecule has 0 radical (unpaired) electrons. The van der Waals surface area contributed by atoms with Gasteiger partial charge in [-0.25, -0.2) is 4.98 Å². The zero-order chi connectivity index (χ0) is 13.3. The number of ether oxygens (including phenoxy) is 1. The summed E-state index contributed by atoms with van der Waals surface area (Å²) in [6.07, 6.45) is 5.97. The summed E-state index contributed by atoms with van der Waals surface area (Å²) in [5, 5.41) is 3.37. The van der Waals surface area contributed by atoms with Gasteiger partial charge < -0.3 is 14.6 Å². The highest BCUT2D eigenvalue weighted by Gasteiger charge is 2.01. The maximum absolute atomic E-state index is 5.08. The molecule has 0 bridgehead atoms. The van der Waals surface area contributed by atoms with Crippen LogP contribution in [-0.2, 0) is 17.7 Å². The second-order valence-electron chi connectivity index (χ2n) is 4.45. The molecule has 1 aromatic carbocycles. The van der Waals surface area contributed by atoms with Crippen molar-refractivity contribution in [1.29, 1.82) is 0 Å². The number of anilines is 1. The molecule has 2 aromatic rings. The molecule has 0 unspecified atom stereocenters. The topological polar surface area (TPSA) is 39.1 Å². The number of hydrogen-bond acceptors (Lipinski definition) is 3. The second-order valence-corrected chi connectivity index (χ2v) is 4.45. The van der Waals surface area contributed by atoms with Gasteiger partial charge in [-0.15, -0.1) is 0 Å². The van der Waals surface area contributed by atoms with Crippen LogP contribution in [0.25, 0.3) is 0 Å². The van der Waals surface area contributed by atoms with Crippen molar-refractivity contribution < 1.29 is 4.74 Å². The zero-order valence-corrected chi connectivity index (χ0v) is 11.4. The molecule has 0 aliphatic heterocycles. The van der Waals surface area contributed by atoms with E-state index in [-0.39, 0.29) is 0 Å². The standard InChI is InChI=1S/C15H21N3O/c1-19-13-12-18-11-10-17-15(18)16-9-5-8-14-6-3-2-4-7-14/h2-4,6-7,10-11H,5,8-9,12-13H2,1H3,(H,16,17). The van der Waals surface area contributed by atoms with Gasteiger partial charge >= 0.3 is 0 Å². The number of imidazole rings is 1. The van der Waals surface area contributed by atoms with E-state index in [1.165, 1.54) is 5.56 Å². The van der Waals surface area contributed by atoms with Crippen molar-refractivity contribution in [3.05, 3.63) is 48.3 Å². The molecule has 102 valence electrons. The van der Waals surface area contributed by atoms with Crippen LogP contribution in [0.3, 0.4) is 0 Å². The lowest BCUT2D eigenvalue weighted by molar-refractivity contribution is 0.187. The van der Waals surface area contributed by atoms with Crippen molar-refractivity contribution in [2.24, 2.45) is 0 Å². The summed E-state index contributed by atoms with van der Waals surface area (Å²) in [6, 6.07) is 10.5. The van der Waals surface area contributed by atoms with Gasteiger partial charge in [-0.3, -0.25) is 0 Å². The van der Waals surface area contributed by atoms with Gasteiger partial charge in [0.2, 0.25) is 5.95 Å². The molecule has 0 saturated carbocycles. The Morgan fingerprint density at radius 1 is 1.26 bits per heavy atom. The van der Waals surface area contributed by atoms with Crippen molar-refractivity contribution in [2.45, 2.75) is 19.4 Å². The molecule has 19 heavy (non-hydrogen) atoms. The van der Waals surface area contributed by atoms with E-state index in [4.69, 9.17) is 4.74 Å². The first-order valence-corrected chi connectivity index (χ1v) is 6.68. The van der Waals surface area contributed by atoms with Gasteiger partial charge in [0.25, 0.3) is 0 Å². The molecule has 1 N–H and O–H groups in total. The fourth-order valence-corrected chi connectivity index (χ4v) is 1.98. The van der Waals surface area contributed by atoms with Crippen LogP contribution in [0.1, 0.15) is 12.0 Å². The maximum atomic E-state index is 5.08. The van der Waals surface area contributed by atoms with E-state index in [0.717, 1.165) is 31.9 Å². The Kier molecular flexibility index (Phi) is 5.44. The Morgan fingerprint density at radius 2 is 2.11 bits per heavy atom. The first-order valence-electron chi connectivity index (χ1n) is 6.68. The van der Waals surface area contributed by atoms with E-state index < -0.39 is 0 Å². The van der Waals surface area contributed by atoms with Gasteiger partial charge in [0.1, 0.15) is 0 Å². The number of nitrogens with one attached hydrogen (secondary N) is 1. The Hall–Kier alpha value is -1.81. The Labute approximate surface area is 114 Å². The molecule has 0 aliphatic rings. The minimum Gasteiger partial charge on any atom is -0.383 e. The molecule has 2 rings (SSSR count). The summed E-state index contributed by atoms with van der Waals surface area (Å²) in [7, 11) is 1.71. The predicted molar refractivity (Wildman–Crippen MR) is 77.4 cm³/mol. The zero-order valence-electron chi connectivity index (χ0n) is 11.4. The van der Waals surface area contributed by atoms with Crippen LogP contribution in [0.5, 0.6) is 0 Å². The third-order valence-electron chi connectivity index (χ3n) is 3.02. The number of methoxy groups -OCH3 is 1. The van der Waals surface area contributed by atoms with E-state index in [0.29, 0.717) is 6.61 Å². The van der Waals surface area contributed by atoms with Crippen LogP contribution >= 0.6 is 0 Å². The SMILES string of the molecule is COCCn1ccnc1NCCCc1ccccc1. The van der Waals surface area contributed by atoms with Crippen molar-refractivity contribution in [2.75, 3.05) is 25.6 Å². The van der Waals surface area contributed by atoms with Crippen molar-refractivity contribution in [1.82, 2.24) is 9.55 Å². The third-order valence-corrected chi connectivity index (χ3v) is 3.02. The number of rotatable bonds is 8. The molecule has 4 nitrogen and oxygen atoms in total. The molecule has 1 heterocycles. The quantitative estimate of drug-likeness (QED) is 0.741. The van der Waals surface area contributed by atoms with Crippen molar-refractivity contribution in [3.8, 4) is 0 Å². The summed E-state index contributed by atoms with van der Waals surface area (Å²) < 4.78 is 7.15. The summed E-state index contributed by atoms with van der Waals surface area (Å²) in [5.41, 5.74) is 1.38. The van der Waals surface area contributed by atoms with Crippen LogP contribution in [0.2, 0.25) is 0 Å². The molecule has 0 atom stereocenters. The first-order chi connectivity index (χ1) is 9.40. The van der Waals surface area contributed by atoms with Gasteiger partial charge in [-0.1, -0.05) is 30.3 Å². The Bertz CT molecular complexity index is 467. The fraction of sp³-hybridized carbons (Fsp3) is 0.400. The number of hydrogen-bond donors (Lipinski definition) is 1. The lowest BCUT2D eigenvalue weighted by Crippen LogP contribution is -2.11. The number of aromatic nitrogens is 2. The van der Waals surface area contributed by atoms with Crippen LogP contribution < -0.4 is 5.32 Å². The van der Waals surface area contributed by atoms with E-state index in [9.17, 15) is 0 Å². The van der Waals surface area contributed by atoms with Gasteiger partial charge in [0, 0.05) is 32.6 Å². The molecule has 4 heteroatoms. The van der Waals surface area contributed by atoms with E-state index in [1.807, 2.05) is 18.5 Å². The molecule has 0 saturated heterocycles. The minimum atomic E-state index is 0.703. The van der Waals surface area contributed by atoms with Crippen molar-refractivity contribution >= 4 is 5.95 Å². The maximum Gasteiger partial charge on any atom is 0.202 e. The Balaban J connectivity index is 1.72. The highest BCUT2D eigenvalue weighted by Crippen LogP contribution is 2.06. The van der Waals surface area contributed by atoms with Gasteiger partial charge in [0.05, 0.1) is 6.61 Å². The van der Waals surface area contributed by atoms with Crippen LogP contribution in [0.15, 0.2) is 42.7 Å². The second kappa shape index (κ2) is 7.59. The molecule has 1 aromatic heterocycles. The minimum absolute atomic E-state index is 0.703. The van der Waals surface area contributed by atoms with E-state index in [1.54, 1.807) is 7.11 Å². The highest BCUT2D eigenvalue weighted by atomic mass is 16.5. The molecule has 0 spiro atoms. The molecular formula is C15H21N3O. The lowest BCUT2D eigenvalue weighted by atomic mass is 10.1. The lowest BCUT2D eigenvalue weighted by Gasteiger charge is -2.09. The fourth-order valence-electron chi connectivity index (χ4n) is 1.98. The molecular weight excluding hydrogens is 238 g/mol. The number of aryl methyl sites for hydroxylation is 1. The summed E-state index contributed by atoms with van der Waals surface area (Å²) >= 11 is 0. The molecule has 0 aliphatic carbocycles. The summed E-state index contributed by atoms with van der Waals surface area (Å²) in [4.78, 5) is 4.31.